The van der Waals surface area contributed by atoms with Crippen LogP contribution in [-0.2, 0) is 0 Å². The van der Waals surface area contributed by atoms with Crippen molar-refractivity contribution in [3.8, 4) is 12.1 Å². The van der Waals surface area contributed by atoms with E-state index >= 15 is 0 Å². The summed E-state index contributed by atoms with van der Waals surface area (Å²) < 4.78 is 12.9. The molecule has 1 aromatic rings. The highest BCUT2D eigenvalue weighted by Crippen LogP contribution is 2.13. The number of benzene rings is 1. The van der Waals surface area contributed by atoms with Crippen molar-refractivity contribution in [1.29, 1.82) is 10.5 Å². The van der Waals surface area contributed by atoms with E-state index in [1.54, 1.807) is 19.1 Å². The van der Waals surface area contributed by atoms with Crippen molar-refractivity contribution in [2.75, 3.05) is 5.43 Å². The first-order valence-corrected chi connectivity index (χ1v) is 4.07. The molecule has 74 valence electrons. The normalized spacial score (nSPS) is 8.53. The van der Waals surface area contributed by atoms with Crippen molar-refractivity contribution >= 4 is 11.4 Å². The average molecular weight is 202 g/mol. The summed E-state index contributed by atoms with van der Waals surface area (Å²) in [5, 5.41) is 20.3. The molecule has 0 saturated heterocycles. The van der Waals surface area contributed by atoms with Gasteiger partial charge in [0, 0.05) is 0 Å². The Labute approximate surface area is 86.3 Å². The fourth-order valence-electron chi connectivity index (χ4n) is 0.910. The Kier molecular flexibility index (Phi) is 3.37. The molecule has 0 fully saturated rings. The number of hydrogen-bond donors (Lipinski definition) is 1. The van der Waals surface area contributed by atoms with Crippen molar-refractivity contribution in [2.45, 2.75) is 6.92 Å². The Morgan fingerprint density at radius 2 is 2.07 bits per heavy atom. The lowest BCUT2D eigenvalue weighted by Gasteiger charge is -2.01. The second kappa shape index (κ2) is 4.73. The van der Waals surface area contributed by atoms with E-state index in [9.17, 15) is 4.39 Å². The highest BCUT2D eigenvalue weighted by molar-refractivity contribution is 6.10. The van der Waals surface area contributed by atoms with E-state index < -0.39 is 0 Å². The lowest BCUT2D eigenvalue weighted by Crippen LogP contribution is -1.97. The van der Waals surface area contributed by atoms with Gasteiger partial charge in [-0.15, -0.1) is 0 Å². The van der Waals surface area contributed by atoms with Crippen molar-refractivity contribution in [2.24, 2.45) is 5.10 Å². The van der Waals surface area contributed by atoms with E-state index in [0.717, 1.165) is 0 Å². The number of nitriles is 2. The number of nitrogens with one attached hydrogen (secondary N) is 1. The van der Waals surface area contributed by atoms with Crippen LogP contribution < -0.4 is 5.43 Å². The summed E-state index contributed by atoms with van der Waals surface area (Å²) in [6.07, 6.45) is 0. The molecule has 0 unspecified atom stereocenters. The van der Waals surface area contributed by atoms with Gasteiger partial charge >= 0.3 is 0 Å². The molecule has 0 aliphatic carbocycles. The fourth-order valence-corrected chi connectivity index (χ4v) is 0.910. The standard InChI is InChI=1S/C10H7FN4/c1-7-4-8(2-3-10(7)11)14-15-9(5-12)6-13/h2-4,14H,1H3. The number of anilines is 1. The molecule has 0 spiro atoms. The van der Waals surface area contributed by atoms with Crippen molar-refractivity contribution < 1.29 is 4.39 Å². The van der Waals surface area contributed by atoms with Crippen molar-refractivity contribution in [3.05, 3.63) is 29.6 Å². The largest absolute Gasteiger partial charge is 0.277 e. The Balaban J connectivity index is 2.84. The molecule has 0 radical (unpaired) electrons. The molecule has 5 heteroatoms. The molecule has 0 amide bonds. The van der Waals surface area contributed by atoms with Crippen LogP contribution in [0.3, 0.4) is 0 Å². The first kappa shape index (κ1) is 10.7. The van der Waals surface area contributed by atoms with E-state index in [1.807, 2.05) is 0 Å². The van der Waals surface area contributed by atoms with E-state index in [4.69, 9.17) is 10.5 Å². The quantitative estimate of drug-likeness (QED) is 0.588. The zero-order valence-corrected chi connectivity index (χ0v) is 7.95. The van der Waals surface area contributed by atoms with Gasteiger partial charge in [-0.2, -0.15) is 15.6 Å². The maximum atomic E-state index is 12.9. The van der Waals surface area contributed by atoms with Crippen molar-refractivity contribution in [3.63, 3.8) is 0 Å². The number of hydrogen-bond acceptors (Lipinski definition) is 4. The van der Waals surface area contributed by atoms with E-state index in [0.29, 0.717) is 11.3 Å². The van der Waals surface area contributed by atoms with Crippen LogP contribution in [0.5, 0.6) is 0 Å². The summed E-state index contributed by atoms with van der Waals surface area (Å²) in [6, 6.07) is 7.49. The van der Waals surface area contributed by atoms with Gasteiger partial charge in [-0.25, -0.2) is 4.39 Å². The first-order chi connectivity index (χ1) is 7.17. The third-order valence-electron chi connectivity index (χ3n) is 1.67. The average Bonchev–Trinajstić information content (AvgIpc) is 2.24. The van der Waals surface area contributed by atoms with Gasteiger partial charge in [-0.3, -0.25) is 5.43 Å². The molecule has 0 saturated carbocycles. The molecule has 4 nitrogen and oxygen atoms in total. The smallest absolute Gasteiger partial charge is 0.237 e. The lowest BCUT2D eigenvalue weighted by molar-refractivity contribution is 0.619. The summed E-state index contributed by atoms with van der Waals surface area (Å²) in [7, 11) is 0. The number of halogens is 1. The van der Waals surface area contributed by atoms with Crippen LogP contribution in [0.1, 0.15) is 5.56 Å². The first-order valence-electron chi connectivity index (χ1n) is 4.07. The van der Waals surface area contributed by atoms with Crippen LogP contribution in [0.15, 0.2) is 23.3 Å². The topological polar surface area (TPSA) is 72.0 Å². The van der Waals surface area contributed by atoms with Gasteiger partial charge in [-0.1, -0.05) is 0 Å². The minimum atomic E-state index is -0.315. The van der Waals surface area contributed by atoms with Gasteiger partial charge in [-0.05, 0) is 30.7 Å². The monoisotopic (exact) mass is 202 g/mol. The maximum Gasteiger partial charge on any atom is 0.237 e. The number of nitrogens with zero attached hydrogens (tertiary/aromatic N) is 3. The summed E-state index contributed by atoms with van der Waals surface area (Å²) in [6.45, 7) is 1.61. The van der Waals surface area contributed by atoms with Crippen LogP contribution in [0.4, 0.5) is 10.1 Å². The molecule has 0 aliphatic rings. The molecule has 0 aliphatic heterocycles. The predicted molar refractivity (Wildman–Crippen MR) is 53.4 cm³/mol. The second-order valence-corrected chi connectivity index (χ2v) is 2.76. The summed E-state index contributed by atoms with van der Waals surface area (Å²) >= 11 is 0. The van der Waals surface area contributed by atoms with Gasteiger partial charge in [0.1, 0.15) is 18.0 Å². The van der Waals surface area contributed by atoms with E-state index in [-0.39, 0.29) is 11.5 Å². The summed E-state index contributed by atoms with van der Waals surface area (Å²) in [4.78, 5) is 0. The van der Waals surface area contributed by atoms with Crippen LogP contribution in [-0.4, -0.2) is 5.71 Å². The Morgan fingerprint density at radius 3 is 2.60 bits per heavy atom. The highest BCUT2D eigenvalue weighted by atomic mass is 19.1. The highest BCUT2D eigenvalue weighted by Gasteiger charge is 1.98. The molecule has 15 heavy (non-hydrogen) atoms. The van der Waals surface area contributed by atoms with Gasteiger partial charge in [0.05, 0.1) is 5.69 Å². The van der Waals surface area contributed by atoms with Crippen molar-refractivity contribution in [1.82, 2.24) is 0 Å². The number of hydrazone groups is 1. The number of rotatable bonds is 2. The van der Waals surface area contributed by atoms with E-state index in [2.05, 4.69) is 10.5 Å². The van der Waals surface area contributed by atoms with Gasteiger partial charge in [0.25, 0.3) is 0 Å². The molecular weight excluding hydrogens is 195 g/mol. The SMILES string of the molecule is Cc1cc(NN=C(C#N)C#N)ccc1F. The molecule has 0 heterocycles. The third-order valence-corrected chi connectivity index (χ3v) is 1.67. The van der Waals surface area contributed by atoms with Crippen LogP contribution in [0.25, 0.3) is 0 Å². The molecule has 1 aromatic carbocycles. The van der Waals surface area contributed by atoms with E-state index in [1.165, 1.54) is 18.2 Å². The number of aryl methyl sites for hydroxylation is 1. The van der Waals surface area contributed by atoms with Gasteiger partial charge < -0.3 is 0 Å². The minimum absolute atomic E-state index is 0.281. The molecular formula is C10H7FN4. The lowest BCUT2D eigenvalue weighted by atomic mass is 10.2. The van der Waals surface area contributed by atoms with Crippen LogP contribution in [0, 0.1) is 35.4 Å². The maximum absolute atomic E-state index is 12.9. The zero-order chi connectivity index (χ0) is 11.3. The fraction of sp³-hybridized carbons (Fsp3) is 0.100. The molecule has 1 N–H and O–H groups in total. The summed E-state index contributed by atoms with van der Waals surface area (Å²) in [5.41, 5.74) is 3.20. The van der Waals surface area contributed by atoms with Crippen LogP contribution in [0.2, 0.25) is 0 Å². The second-order valence-electron chi connectivity index (χ2n) is 2.76. The zero-order valence-electron chi connectivity index (χ0n) is 7.95. The Hall–Kier alpha value is -2.40. The summed E-state index contributed by atoms with van der Waals surface area (Å²) in [5.74, 6) is -0.315. The molecule has 1 rings (SSSR count). The molecule has 0 atom stereocenters. The Morgan fingerprint density at radius 1 is 1.40 bits per heavy atom. The Bertz CT molecular complexity index is 463. The minimum Gasteiger partial charge on any atom is -0.277 e. The predicted octanol–water partition coefficient (Wildman–Crippen LogP) is 1.95. The van der Waals surface area contributed by atoms with Crippen LogP contribution >= 0.6 is 0 Å². The molecule has 0 bridgehead atoms. The van der Waals surface area contributed by atoms with Gasteiger partial charge in [0.2, 0.25) is 5.71 Å². The van der Waals surface area contributed by atoms with Gasteiger partial charge in [0.15, 0.2) is 0 Å². The molecule has 0 aromatic heterocycles. The third kappa shape index (κ3) is 2.78.